The van der Waals surface area contributed by atoms with Gasteiger partial charge in [0.1, 0.15) is 5.25 Å². The molecule has 0 aromatic heterocycles. The van der Waals surface area contributed by atoms with Crippen molar-refractivity contribution in [3.05, 3.63) is 34.0 Å². The molecule has 1 aliphatic heterocycles. The van der Waals surface area contributed by atoms with Gasteiger partial charge < -0.3 is 4.74 Å². The fourth-order valence-electron chi connectivity index (χ4n) is 2.28. The van der Waals surface area contributed by atoms with Gasteiger partial charge >= 0.3 is 0 Å². The third kappa shape index (κ3) is 2.60. The second-order valence-electron chi connectivity index (χ2n) is 4.79. The Morgan fingerprint density at radius 1 is 1.67 bits per heavy atom. The molecule has 1 fully saturated rings. The van der Waals surface area contributed by atoms with Crippen molar-refractivity contribution in [2.24, 2.45) is 5.41 Å². The molecule has 100 valence electrons. The molecule has 1 saturated heterocycles. The molecule has 7 nitrogen and oxygen atoms in total. The third-order valence-corrected chi connectivity index (χ3v) is 4.51. The summed E-state index contributed by atoms with van der Waals surface area (Å²) in [5.41, 5.74) is -1.20. The molecule has 0 bridgehead atoms. The Balaban J connectivity index is 2.38. The Morgan fingerprint density at radius 3 is 2.72 bits per heavy atom. The van der Waals surface area contributed by atoms with Gasteiger partial charge in [0.15, 0.2) is 0 Å². The van der Waals surface area contributed by atoms with E-state index in [0.29, 0.717) is 13.0 Å². The molecule has 0 radical (unpaired) electrons. The summed E-state index contributed by atoms with van der Waals surface area (Å²) in [6.45, 7) is 2.08. The first kappa shape index (κ1) is 13.2. The minimum absolute atomic E-state index is 0.102. The Morgan fingerprint density at radius 2 is 2.28 bits per heavy atom. The van der Waals surface area contributed by atoms with Crippen LogP contribution in [0.25, 0.3) is 0 Å². The molecule has 1 heterocycles. The van der Waals surface area contributed by atoms with Crippen molar-refractivity contribution in [1.82, 2.24) is 0 Å². The predicted molar refractivity (Wildman–Crippen MR) is 62.0 cm³/mol. The first-order valence-electron chi connectivity index (χ1n) is 5.36. The summed E-state index contributed by atoms with van der Waals surface area (Å²) in [5, 5.41) is 9.56. The van der Waals surface area contributed by atoms with Crippen LogP contribution in [0.4, 0.5) is 0 Å². The second kappa shape index (κ2) is 4.15. The monoisotopic (exact) mass is 275 g/mol. The lowest BCUT2D eigenvalue weighted by atomic mass is 9.78. The number of rotatable bonds is 4. The van der Waals surface area contributed by atoms with E-state index in [1.165, 1.54) is 6.08 Å². The van der Waals surface area contributed by atoms with Crippen molar-refractivity contribution < 1.29 is 22.6 Å². The zero-order valence-corrected chi connectivity index (χ0v) is 10.5. The smallest absolute Gasteiger partial charge is 0.272 e. The summed E-state index contributed by atoms with van der Waals surface area (Å²) in [5.74, 6) is 0. The summed E-state index contributed by atoms with van der Waals surface area (Å²) in [6, 6.07) is 0. The molecule has 1 N–H and O–H groups in total. The van der Waals surface area contributed by atoms with Crippen molar-refractivity contribution in [2.75, 3.05) is 6.61 Å². The normalized spacial score (nSPS) is 35.1. The van der Waals surface area contributed by atoms with Gasteiger partial charge in [-0.05, 0) is 6.42 Å². The number of hydrogen-bond donors (Lipinski definition) is 1. The van der Waals surface area contributed by atoms with E-state index in [2.05, 4.69) is 0 Å². The number of nitro groups is 1. The number of nitrogens with zero attached hydrogens (tertiary/aromatic N) is 1. The number of hydrogen-bond acceptors (Lipinski definition) is 5. The van der Waals surface area contributed by atoms with Crippen LogP contribution in [0.15, 0.2) is 23.9 Å². The van der Waals surface area contributed by atoms with Gasteiger partial charge in [0, 0.05) is 17.6 Å². The van der Waals surface area contributed by atoms with E-state index in [9.17, 15) is 23.1 Å². The van der Waals surface area contributed by atoms with Crippen LogP contribution in [0, 0.1) is 15.5 Å². The molecule has 2 unspecified atom stereocenters. The van der Waals surface area contributed by atoms with Crippen LogP contribution >= 0.6 is 0 Å². The molecule has 8 heteroatoms. The van der Waals surface area contributed by atoms with Crippen molar-refractivity contribution in [3.63, 3.8) is 0 Å². The topological polar surface area (TPSA) is 110 Å². The molecule has 2 rings (SSSR count). The standard InChI is InChI=1S/C10H13NO6S/c1-10(5-8-6-17-8)4-7(11(12)13)2-3-9(10)18(14,15)16/h2-4,8-9H,5-6H2,1H3,(H,14,15,16)/t8?,9-,10?/m1/s1. The van der Waals surface area contributed by atoms with Crippen LogP contribution in [-0.4, -0.2) is 35.9 Å². The Hall–Kier alpha value is -1.25. The lowest BCUT2D eigenvalue weighted by Crippen LogP contribution is -2.39. The molecule has 0 spiro atoms. The van der Waals surface area contributed by atoms with E-state index < -0.39 is 25.7 Å². The van der Waals surface area contributed by atoms with Gasteiger partial charge in [-0.3, -0.25) is 14.7 Å². The van der Waals surface area contributed by atoms with Gasteiger partial charge in [0.2, 0.25) is 0 Å². The van der Waals surface area contributed by atoms with Gasteiger partial charge in [-0.2, -0.15) is 8.42 Å². The maximum atomic E-state index is 11.3. The number of ether oxygens (including phenoxy) is 1. The highest BCUT2D eigenvalue weighted by molar-refractivity contribution is 7.86. The molecular formula is C10H13NO6S. The highest BCUT2D eigenvalue weighted by atomic mass is 32.2. The maximum Gasteiger partial charge on any atom is 0.272 e. The van der Waals surface area contributed by atoms with Crippen LogP contribution in [0.3, 0.4) is 0 Å². The SMILES string of the molecule is CC1(CC2CO2)C=C([N+](=O)[O-])C=C[C@H]1S(=O)(=O)O. The van der Waals surface area contributed by atoms with Gasteiger partial charge in [0.25, 0.3) is 15.8 Å². The fraction of sp³-hybridized carbons (Fsp3) is 0.600. The van der Waals surface area contributed by atoms with Crippen LogP contribution in [0.1, 0.15) is 13.3 Å². The van der Waals surface area contributed by atoms with Crippen LogP contribution < -0.4 is 0 Å². The van der Waals surface area contributed by atoms with E-state index in [-0.39, 0.29) is 11.8 Å². The summed E-state index contributed by atoms with van der Waals surface area (Å²) >= 11 is 0. The van der Waals surface area contributed by atoms with E-state index in [4.69, 9.17) is 4.74 Å². The minimum atomic E-state index is -4.31. The average molecular weight is 275 g/mol. The van der Waals surface area contributed by atoms with Crippen molar-refractivity contribution in [2.45, 2.75) is 24.7 Å². The second-order valence-corrected chi connectivity index (χ2v) is 6.32. The zero-order chi connectivity index (χ0) is 13.6. The average Bonchev–Trinajstić information content (AvgIpc) is 2.98. The van der Waals surface area contributed by atoms with Crippen LogP contribution in [-0.2, 0) is 14.9 Å². The molecule has 0 amide bonds. The van der Waals surface area contributed by atoms with E-state index in [1.807, 2.05) is 0 Å². The van der Waals surface area contributed by atoms with Gasteiger partial charge in [-0.15, -0.1) is 0 Å². The number of epoxide rings is 1. The van der Waals surface area contributed by atoms with Crippen molar-refractivity contribution in [3.8, 4) is 0 Å². The maximum absolute atomic E-state index is 11.3. The molecule has 0 aromatic rings. The lowest BCUT2D eigenvalue weighted by molar-refractivity contribution is -0.420. The Labute approximate surface area is 104 Å². The predicted octanol–water partition coefficient (Wildman–Crippen LogP) is 0.768. The quantitative estimate of drug-likeness (QED) is 0.351. The highest BCUT2D eigenvalue weighted by Gasteiger charge is 2.46. The molecule has 0 saturated carbocycles. The molecule has 0 aromatic carbocycles. The van der Waals surface area contributed by atoms with Crippen LogP contribution in [0.5, 0.6) is 0 Å². The summed E-state index contributed by atoms with van der Waals surface area (Å²) < 4.78 is 36.9. The van der Waals surface area contributed by atoms with Crippen molar-refractivity contribution in [1.29, 1.82) is 0 Å². The minimum Gasteiger partial charge on any atom is -0.373 e. The molecule has 18 heavy (non-hydrogen) atoms. The van der Waals surface area contributed by atoms with E-state index >= 15 is 0 Å². The fourth-order valence-corrected chi connectivity index (χ4v) is 3.40. The summed E-state index contributed by atoms with van der Waals surface area (Å²) in [6.07, 6.45) is 3.77. The largest absolute Gasteiger partial charge is 0.373 e. The van der Waals surface area contributed by atoms with Gasteiger partial charge in [-0.25, -0.2) is 0 Å². The zero-order valence-electron chi connectivity index (χ0n) is 9.64. The van der Waals surface area contributed by atoms with E-state index in [1.54, 1.807) is 6.92 Å². The lowest BCUT2D eigenvalue weighted by Gasteiger charge is -2.32. The van der Waals surface area contributed by atoms with E-state index in [0.717, 1.165) is 12.2 Å². The molecule has 3 atom stereocenters. The molecular weight excluding hydrogens is 262 g/mol. The molecule has 1 aliphatic carbocycles. The first-order chi connectivity index (χ1) is 8.22. The van der Waals surface area contributed by atoms with Gasteiger partial charge in [-0.1, -0.05) is 13.0 Å². The highest BCUT2D eigenvalue weighted by Crippen LogP contribution is 2.41. The van der Waals surface area contributed by atoms with Crippen molar-refractivity contribution >= 4 is 10.1 Å². The number of allylic oxidation sites excluding steroid dienone is 2. The first-order valence-corrected chi connectivity index (χ1v) is 6.86. The van der Waals surface area contributed by atoms with Crippen LogP contribution in [0.2, 0.25) is 0 Å². The van der Waals surface area contributed by atoms with Gasteiger partial charge in [0.05, 0.1) is 17.6 Å². The Kier molecular flexibility index (Phi) is 3.04. The third-order valence-electron chi connectivity index (χ3n) is 3.17. The molecule has 2 aliphatic rings. The summed E-state index contributed by atoms with van der Waals surface area (Å²) in [7, 11) is -4.31. The summed E-state index contributed by atoms with van der Waals surface area (Å²) in [4.78, 5) is 10.2. The Bertz CT molecular complexity index is 533.